The number of rotatable bonds is 0. The van der Waals surface area contributed by atoms with Gasteiger partial charge in [0, 0.05) is 16.8 Å². The van der Waals surface area contributed by atoms with E-state index in [1.165, 1.54) is 37.0 Å². The van der Waals surface area contributed by atoms with Crippen molar-refractivity contribution in [1.29, 1.82) is 0 Å². The van der Waals surface area contributed by atoms with Crippen molar-refractivity contribution < 1.29 is 0 Å². The number of nitrogens with zero attached hydrogens (tertiary/aromatic N) is 4. The first-order chi connectivity index (χ1) is 8.93. The molecule has 0 N–H and O–H groups in total. The SMILES string of the molecule is C1=NCc2ncnn2S2=C1C1=C(CCCCC1)C2. The Hall–Kier alpha value is -1.23. The van der Waals surface area contributed by atoms with Gasteiger partial charge in [0.25, 0.3) is 0 Å². The molecule has 1 atom stereocenters. The Morgan fingerprint density at radius 3 is 3.11 bits per heavy atom. The van der Waals surface area contributed by atoms with Gasteiger partial charge >= 0.3 is 0 Å². The van der Waals surface area contributed by atoms with Gasteiger partial charge in [-0.25, -0.2) is 4.98 Å². The topological polar surface area (TPSA) is 43.1 Å². The van der Waals surface area contributed by atoms with Gasteiger partial charge in [0.2, 0.25) is 0 Å². The lowest BCUT2D eigenvalue weighted by Gasteiger charge is -2.08. The molecule has 0 radical (unpaired) electrons. The predicted octanol–water partition coefficient (Wildman–Crippen LogP) is 2.34. The molecule has 2 aliphatic heterocycles. The summed E-state index contributed by atoms with van der Waals surface area (Å²) in [5, 5.41) is 4.43. The summed E-state index contributed by atoms with van der Waals surface area (Å²) in [7, 11) is 0.0623. The van der Waals surface area contributed by atoms with E-state index in [-0.39, 0.29) is 10.7 Å². The Bertz CT molecular complexity index is 594. The molecule has 0 amide bonds. The summed E-state index contributed by atoms with van der Waals surface area (Å²) in [4.78, 5) is 10.3. The molecule has 1 aromatic heterocycles. The lowest BCUT2D eigenvalue weighted by atomic mass is 10.0. The zero-order valence-electron chi connectivity index (χ0n) is 10.3. The van der Waals surface area contributed by atoms with Gasteiger partial charge in [-0.1, -0.05) is 22.7 Å². The van der Waals surface area contributed by atoms with Crippen LogP contribution in [-0.2, 0) is 6.54 Å². The molecule has 0 spiro atoms. The van der Waals surface area contributed by atoms with Crippen molar-refractivity contribution in [3.63, 3.8) is 0 Å². The number of aliphatic imine (C=N–C) groups is 1. The van der Waals surface area contributed by atoms with Crippen LogP contribution in [0.1, 0.15) is 37.9 Å². The Labute approximate surface area is 109 Å². The Balaban J connectivity index is 1.84. The van der Waals surface area contributed by atoms with Crippen LogP contribution in [0.5, 0.6) is 0 Å². The van der Waals surface area contributed by atoms with Crippen molar-refractivity contribution in [2.24, 2.45) is 4.99 Å². The normalized spacial score (nSPS) is 26.4. The summed E-state index contributed by atoms with van der Waals surface area (Å²) in [5.41, 5.74) is 3.27. The first-order valence-corrected chi connectivity index (χ1v) is 7.97. The monoisotopic (exact) mass is 260 g/mol. The standard InChI is InChI=1S/C13H16N4S/c1-2-4-10-8-18-12(11(10)5-3-1)6-14-7-13-15-9-16-17(13)18/h6,9H,1-5,7-8H2. The maximum atomic E-state index is 4.54. The van der Waals surface area contributed by atoms with Crippen molar-refractivity contribution in [1.82, 2.24) is 14.2 Å². The van der Waals surface area contributed by atoms with Gasteiger partial charge in [-0.05, 0) is 31.3 Å². The van der Waals surface area contributed by atoms with Gasteiger partial charge in [0.1, 0.15) is 6.33 Å². The number of hydrogen-bond donors (Lipinski definition) is 0. The molecule has 0 aromatic carbocycles. The van der Waals surface area contributed by atoms with Crippen molar-refractivity contribution in [3.05, 3.63) is 23.3 Å². The quantitative estimate of drug-likeness (QED) is 0.672. The highest BCUT2D eigenvalue weighted by molar-refractivity contribution is 8.16. The van der Waals surface area contributed by atoms with E-state index in [0.717, 1.165) is 11.6 Å². The molecule has 1 aliphatic carbocycles. The molecule has 0 saturated heterocycles. The second-order valence-corrected chi connectivity index (χ2v) is 6.84. The summed E-state index contributed by atoms with van der Waals surface area (Å²) < 4.78 is 2.12. The lowest BCUT2D eigenvalue weighted by molar-refractivity contribution is 0.709. The fraction of sp³-hybridized carbons (Fsp3) is 0.538. The van der Waals surface area contributed by atoms with E-state index in [4.69, 9.17) is 0 Å². The summed E-state index contributed by atoms with van der Waals surface area (Å²) in [6.45, 7) is 0.676. The van der Waals surface area contributed by atoms with E-state index in [9.17, 15) is 0 Å². The smallest absolute Gasteiger partial charge is 0.160 e. The zero-order valence-corrected chi connectivity index (χ0v) is 11.1. The molecule has 4 rings (SSSR count). The molecule has 0 fully saturated rings. The third-order valence-electron chi connectivity index (χ3n) is 3.93. The van der Waals surface area contributed by atoms with Crippen LogP contribution >= 0.6 is 10.7 Å². The minimum atomic E-state index is 0.0623. The maximum Gasteiger partial charge on any atom is 0.160 e. The molecule has 0 bridgehead atoms. The summed E-state index contributed by atoms with van der Waals surface area (Å²) in [6.07, 6.45) is 10.4. The molecule has 94 valence electrons. The summed E-state index contributed by atoms with van der Waals surface area (Å²) in [6, 6.07) is 0. The van der Waals surface area contributed by atoms with Crippen LogP contribution in [-0.4, -0.2) is 31.0 Å². The van der Waals surface area contributed by atoms with Crippen molar-refractivity contribution >= 4 is 21.7 Å². The average Bonchev–Trinajstić information content (AvgIpc) is 2.84. The van der Waals surface area contributed by atoms with Crippen molar-refractivity contribution in [3.8, 4) is 0 Å². The highest BCUT2D eigenvalue weighted by atomic mass is 32.2. The van der Waals surface area contributed by atoms with Crippen LogP contribution in [0.3, 0.4) is 0 Å². The molecular weight excluding hydrogens is 244 g/mol. The number of aromatic nitrogens is 3. The predicted molar refractivity (Wildman–Crippen MR) is 75.2 cm³/mol. The number of allylic oxidation sites excluding steroid dienone is 1. The van der Waals surface area contributed by atoms with Gasteiger partial charge in [0.05, 0.1) is 6.54 Å². The molecule has 5 heteroatoms. The van der Waals surface area contributed by atoms with Crippen LogP contribution in [0.4, 0.5) is 0 Å². The van der Waals surface area contributed by atoms with E-state index in [2.05, 4.69) is 25.4 Å². The van der Waals surface area contributed by atoms with Crippen LogP contribution in [0.2, 0.25) is 0 Å². The van der Waals surface area contributed by atoms with Gasteiger partial charge in [-0.15, -0.1) is 5.10 Å². The molecular formula is C13H16N4S. The fourth-order valence-electron chi connectivity index (χ4n) is 3.03. The van der Waals surface area contributed by atoms with Crippen molar-refractivity contribution in [2.75, 3.05) is 5.75 Å². The van der Waals surface area contributed by atoms with Gasteiger partial charge in [-0.3, -0.25) is 4.99 Å². The van der Waals surface area contributed by atoms with E-state index in [1.54, 1.807) is 17.5 Å². The van der Waals surface area contributed by atoms with Gasteiger partial charge in [-0.2, -0.15) is 4.09 Å². The molecule has 18 heavy (non-hydrogen) atoms. The number of fused-ring (bicyclic) bond motifs is 3. The van der Waals surface area contributed by atoms with Crippen LogP contribution in [0.25, 0.3) is 0 Å². The lowest BCUT2D eigenvalue weighted by Crippen LogP contribution is -2.05. The number of hydrogen-bond acceptors (Lipinski definition) is 3. The second-order valence-electron chi connectivity index (χ2n) is 5.04. The van der Waals surface area contributed by atoms with E-state index in [0.29, 0.717) is 6.54 Å². The second kappa shape index (κ2) is 4.16. The molecule has 1 aromatic rings. The molecule has 1 unspecified atom stereocenters. The average molecular weight is 260 g/mol. The maximum absolute atomic E-state index is 4.54. The summed E-state index contributed by atoms with van der Waals surface area (Å²) in [5.74, 6) is 2.18. The van der Waals surface area contributed by atoms with Gasteiger partial charge in [0.15, 0.2) is 5.82 Å². The third-order valence-corrected chi connectivity index (χ3v) is 6.13. The van der Waals surface area contributed by atoms with E-state index in [1.807, 2.05) is 0 Å². The van der Waals surface area contributed by atoms with E-state index < -0.39 is 0 Å². The molecule has 3 aliphatic rings. The Morgan fingerprint density at radius 2 is 2.11 bits per heavy atom. The van der Waals surface area contributed by atoms with E-state index >= 15 is 0 Å². The molecule has 0 saturated carbocycles. The highest BCUT2D eigenvalue weighted by Gasteiger charge is 2.27. The first kappa shape index (κ1) is 10.7. The third kappa shape index (κ3) is 1.53. The minimum Gasteiger partial charge on any atom is -0.284 e. The van der Waals surface area contributed by atoms with Crippen LogP contribution < -0.4 is 0 Å². The first-order valence-electron chi connectivity index (χ1n) is 6.62. The zero-order chi connectivity index (χ0) is 11.9. The Kier molecular flexibility index (Phi) is 2.46. The Morgan fingerprint density at radius 1 is 1.17 bits per heavy atom. The van der Waals surface area contributed by atoms with Crippen LogP contribution in [0.15, 0.2) is 22.5 Å². The minimum absolute atomic E-state index is 0.0623. The molecule has 4 nitrogen and oxygen atoms in total. The highest BCUT2D eigenvalue weighted by Crippen LogP contribution is 2.39. The molecule has 3 heterocycles. The van der Waals surface area contributed by atoms with Gasteiger partial charge < -0.3 is 0 Å². The van der Waals surface area contributed by atoms with Crippen molar-refractivity contribution in [2.45, 2.75) is 38.6 Å². The van der Waals surface area contributed by atoms with Crippen LogP contribution in [0, 0.1) is 0 Å². The largest absolute Gasteiger partial charge is 0.284 e. The summed E-state index contributed by atoms with van der Waals surface area (Å²) >= 11 is 0. The fourth-order valence-corrected chi connectivity index (χ4v) is 5.39.